The maximum absolute atomic E-state index is 6.71. The molecule has 2 aliphatic heterocycles. The van der Waals surface area contributed by atoms with Crippen molar-refractivity contribution in [3.8, 4) is 0 Å². The number of rotatable bonds is 2. The molecular formula is C18H25NOS. The van der Waals surface area contributed by atoms with Crippen molar-refractivity contribution in [3.05, 3.63) is 29.8 Å². The summed E-state index contributed by atoms with van der Waals surface area (Å²) in [5.41, 5.74) is 8.39. The Balaban J connectivity index is 1.45. The van der Waals surface area contributed by atoms with Crippen LogP contribution in [0.2, 0.25) is 0 Å². The van der Waals surface area contributed by atoms with E-state index in [9.17, 15) is 0 Å². The van der Waals surface area contributed by atoms with E-state index in [2.05, 4.69) is 24.3 Å². The minimum absolute atomic E-state index is 0.191. The van der Waals surface area contributed by atoms with Crippen molar-refractivity contribution in [1.82, 2.24) is 0 Å². The quantitative estimate of drug-likeness (QED) is 0.903. The molecule has 1 saturated heterocycles. The van der Waals surface area contributed by atoms with E-state index in [1.807, 2.05) is 11.8 Å². The Bertz CT molecular complexity index is 487. The van der Waals surface area contributed by atoms with Crippen LogP contribution in [0, 0.1) is 5.92 Å². The van der Waals surface area contributed by atoms with Gasteiger partial charge in [0.1, 0.15) is 0 Å². The Kier molecular flexibility index (Phi) is 3.76. The second kappa shape index (κ2) is 5.60. The van der Waals surface area contributed by atoms with E-state index in [1.54, 1.807) is 0 Å². The lowest BCUT2D eigenvalue weighted by Gasteiger charge is -2.41. The van der Waals surface area contributed by atoms with Crippen molar-refractivity contribution in [2.24, 2.45) is 11.7 Å². The van der Waals surface area contributed by atoms with Gasteiger partial charge in [0.05, 0.1) is 5.60 Å². The van der Waals surface area contributed by atoms with E-state index >= 15 is 0 Å². The first kappa shape index (κ1) is 14.1. The monoisotopic (exact) mass is 303 g/mol. The molecule has 2 fully saturated rings. The van der Waals surface area contributed by atoms with Crippen LogP contribution in [0.1, 0.15) is 44.1 Å². The van der Waals surface area contributed by atoms with Crippen molar-refractivity contribution < 1.29 is 4.74 Å². The summed E-state index contributed by atoms with van der Waals surface area (Å²) in [5.74, 6) is 0.642. The molecule has 0 amide bonds. The van der Waals surface area contributed by atoms with Gasteiger partial charge in [-0.3, -0.25) is 0 Å². The first-order valence-corrected chi connectivity index (χ1v) is 9.28. The standard InChI is InChI=1S/C18H25NOS/c19-17(16-11-13-5-1-2-6-15(13)21-16)14-7-10-20-18(12-14)8-3-4-9-18/h1-2,5-6,14,16-17H,3-4,7-12,19H2. The summed E-state index contributed by atoms with van der Waals surface area (Å²) in [7, 11) is 0. The number of fused-ring (bicyclic) bond motifs is 1. The number of hydrogen-bond acceptors (Lipinski definition) is 3. The summed E-state index contributed by atoms with van der Waals surface area (Å²) >= 11 is 2.00. The van der Waals surface area contributed by atoms with Crippen LogP contribution < -0.4 is 5.73 Å². The molecule has 0 aromatic heterocycles. The Morgan fingerprint density at radius 3 is 2.86 bits per heavy atom. The van der Waals surface area contributed by atoms with Crippen LogP contribution in [-0.4, -0.2) is 23.5 Å². The van der Waals surface area contributed by atoms with Gasteiger partial charge in [0.25, 0.3) is 0 Å². The smallest absolute Gasteiger partial charge is 0.0685 e. The average Bonchev–Trinajstić information content (AvgIpc) is 3.13. The second-order valence-corrected chi connectivity index (χ2v) is 8.32. The zero-order valence-electron chi connectivity index (χ0n) is 12.6. The van der Waals surface area contributed by atoms with Crippen LogP contribution in [0.3, 0.4) is 0 Å². The predicted octanol–water partition coefficient (Wildman–Crippen LogP) is 3.77. The molecule has 0 bridgehead atoms. The van der Waals surface area contributed by atoms with Gasteiger partial charge < -0.3 is 10.5 Å². The molecule has 3 heteroatoms. The van der Waals surface area contributed by atoms with Gasteiger partial charge in [-0.2, -0.15) is 0 Å². The molecule has 1 spiro atoms. The van der Waals surface area contributed by atoms with Gasteiger partial charge >= 0.3 is 0 Å². The highest BCUT2D eigenvalue weighted by atomic mass is 32.2. The summed E-state index contributed by atoms with van der Waals surface area (Å²) in [6.07, 6.45) is 8.68. The zero-order chi connectivity index (χ0) is 14.3. The molecule has 1 aromatic rings. The van der Waals surface area contributed by atoms with Crippen molar-refractivity contribution in [2.45, 2.75) is 66.7 Å². The normalized spacial score (nSPS) is 32.2. The fourth-order valence-corrected chi connectivity index (χ4v) is 5.92. The molecular weight excluding hydrogens is 278 g/mol. The van der Waals surface area contributed by atoms with Crippen LogP contribution >= 0.6 is 11.8 Å². The van der Waals surface area contributed by atoms with Crippen LogP contribution in [0.25, 0.3) is 0 Å². The first-order valence-electron chi connectivity index (χ1n) is 8.40. The molecule has 1 aliphatic carbocycles. The molecule has 21 heavy (non-hydrogen) atoms. The lowest BCUT2D eigenvalue weighted by atomic mass is 9.79. The Hall–Kier alpha value is -0.510. The lowest BCUT2D eigenvalue weighted by molar-refractivity contribution is -0.0961. The molecule has 3 unspecified atom stereocenters. The minimum atomic E-state index is 0.191. The lowest BCUT2D eigenvalue weighted by Crippen LogP contribution is -2.47. The first-order chi connectivity index (χ1) is 10.3. The van der Waals surface area contributed by atoms with Crippen molar-refractivity contribution in [2.75, 3.05) is 6.61 Å². The van der Waals surface area contributed by atoms with Crippen LogP contribution in [0.5, 0.6) is 0 Å². The molecule has 114 valence electrons. The third-order valence-electron chi connectivity index (χ3n) is 5.69. The van der Waals surface area contributed by atoms with Gasteiger partial charge in [0, 0.05) is 22.8 Å². The summed E-state index contributed by atoms with van der Waals surface area (Å²) in [6.45, 7) is 0.919. The number of ether oxygens (including phenoxy) is 1. The molecule has 2 heterocycles. The van der Waals surface area contributed by atoms with Gasteiger partial charge in [-0.25, -0.2) is 0 Å². The van der Waals surface area contributed by atoms with Crippen molar-refractivity contribution in [3.63, 3.8) is 0 Å². The van der Waals surface area contributed by atoms with E-state index in [1.165, 1.54) is 42.6 Å². The third-order valence-corrected chi connectivity index (χ3v) is 7.13. The fraction of sp³-hybridized carbons (Fsp3) is 0.667. The Morgan fingerprint density at radius 2 is 2.05 bits per heavy atom. The maximum atomic E-state index is 6.71. The van der Waals surface area contributed by atoms with Crippen LogP contribution in [0.15, 0.2) is 29.2 Å². The Morgan fingerprint density at radius 1 is 1.24 bits per heavy atom. The van der Waals surface area contributed by atoms with E-state index in [-0.39, 0.29) is 5.60 Å². The molecule has 4 rings (SSSR count). The number of thioether (sulfide) groups is 1. The molecule has 2 nitrogen and oxygen atoms in total. The van der Waals surface area contributed by atoms with Crippen LogP contribution in [0.4, 0.5) is 0 Å². The summed E-state index contributed by atoms with van der Waals surface area (Å²) in [4.78, 5) is 1.44. The SMILES string of the molecule is NC(C1CCOC2(CCCC2)C1)C1Cc2ccccc2S1. The number of benzene rings is 1. The Labute approximate surface area is 131 Å². The summed E-state index contributed by atoms with van der Waals surface area (Å²) < 4.78 is 6.17. The minimum Gasteiger partial charge on any atom is -0.375 e. The van der Waals surface area contributed by atoms with Crippen molar-refractivity contribution in [1.29, 1.82) is 0 Å². The molecule has 3 aliphatic rings. The fourth-order valence-electron chi connectivity index (χ4n) is 4.49. The van der Waals surface area contributed by atoms with Gasteiger partial charge in [0.2, 0.25) is 0 Å². The summed E-state index contributed by atoms with van der Waals surface area (Å²) in [6, 6.07) is 9.10. The number of hydrogen-bond donors (Lipinski definition) is 1. The molecule has 3 atom stereocenters. The average molecular weight is 303 g/mol. The maximum Gasteiger partial charge on any atom is 0.0685 e. The van der Waals surface area contributed by atoms with E-state index in [0.717, 1.165) is 19.4 Å². The van der Waals surface area contributed by atoms with Gasteiger partial charge in [-0.15, -0.1) is 11.8 Å². The summed E-state index contributed by atoms with van der Waals surface area (Å²) in [5, 5.41) is 0.559. The zero-order valence-corrected chi connectivity index (χ0v) is 13.4. The van der Waals surface area contributed by atoms with Crippen molar-refractivity contribution >= 4 is 11.8 Å². The van der Waals surface area contributed by atoms with E-state index in [4.69, 9.17) is 10.5 Å². The molecule has 1 saturated carbocycles. The van der Waals surface area contributed by atoms with Crippen LogP contribution in [-0.2, 0) is 11.2 Å². The van der Waals surface area contributed by atoms with E-state index in [0.29, 0.717) is 17.2 Å². The van der Waals surface area contributed by atoms with Gasteiger partial charge in [-0.05, 0) is 49.7 Å². The van der Waals surface area contributed by atoms with E-state index < -0.39 is 0 Å². The highest BCUT2D eigenvalue weighted by Gasteiger charge is 2.43. The second-order valence-electron chi connectivity index (χ2n) is 7.04. The predicted molar refractivity (Wildman–Crippen MR) is 87.6 cm³/mol. The topological polar surface area (TPSA) is 35.2 Å². The molecule has 2 N–H and O–H groups in total. The highest BCUT2D eigenvalue weighted by molar-refractivity contribution is 8.00. The third kappa shape index (κ3) is 2.64. The highest BCUT2D eigenvalue weighted by Crippen LogP contribution is 2.46. The molecule has 0 radical (unpaired) electrons. The molecule has 1 aromatic carbocycles. The number of nitrogens with two attached hydrogens (primary N) is 1. The van der Waals surface area contributed by atoms with Gasteiger partial charge in [-0.1, -0.05) is 31.0 Å². The van der Waals surface area contributed by atoms with Gasteiger partial charge in [0.15, 0.2) is 0 Å². The largest absolute Gasteiger partial charge is 0.375 e.